The van der Waals surface area contributed by atoms with Crippen molar-refractivity contribution in [2.75, 3.05) is 5.73 Å². The SMILES string of the molecule is Nc1nc(F)nc2n[nH]c(C(F)(F)F)c12. The molecular formula is C6H3F4N5. The monoisotopic (exact) mass is 221 g/mol. The maximum atomic E-state index is 12.6. The lowest BCUT2D eigenvalue weighted by Gasteiger charge is -2.03. The average Bonchev–Trinajstić information content (AvgIpc) is 2.45. The van der Waals surface area contributed by atoms with E-state index in [1.165, 1.54) is 0 Å². The lowest BCUT2D eigenvalue weighted by atomic mass is 10.3. The predicted octanol–water partition coefficient (Wildman–Crippen LogP) is 1.09. The number of H-pyrrole nitrogens is 1. The van der Waals surface area contributed by atoms with Crippen molar-refractivity contribution in [3.8, 4) is 0 Å². The fraction of sp³-hybridized carbons (Fsp3) is 0.167. The van der Waals surface area contributed by atoms with Gasteiger partial charge in [-0.05, 0) is 0 Å². The second kappa shape index (κ2) is 2.78. The molecule has 9 heteroatoms. The van der Waals surface area contributed by atoms with Crippen molar-refractivity contribution in [1.29, 1.82) is 0 Å². The van der Waals surface area contributed by atoms with Gasteiger partial charge in [0.05, 0.1) is 5.39 Å². The van der Waals surface area contributed by atoms with Crippen LogP contribution in [0.15, 0.2) is 0 Å². The number of nitrogen functional groups attached to an aromatic ring is 1. The van der Waals surface area contributed by atoms with Crippen molar-refractivity contribution >= 4 is 16.9 Å². The van der Waals surface area contributed by atoms with Crippen molar-refractivity contribution in [3.63, 3.8) is 0 Å². The van der Waals surface area contributed by atoms with Gasteiger partial charge in [-0.15, -0.1) is 0 Å². The molecule has 15 heavy (non-hydrogen) atoms. The zero-order valence-electron chi connectivity index (χ0n) is 6.93. The summed E-state index contributed by atoms with van der Waals surface area (Å²) in [6, 6.07) is 0. The van der Waals surface area contributed by atoms with Gasteiger partial charge in [0.25, 0.3) is 0 Å². The first-order valence-electron chi connectivity index (χ1n) is 3.64. The number of aromatic amines is 1. The molecule has 0 saturated carbocycles. The molecule has 0 bridgehead atoms. The van der Waals surface area contributed by atoms with Gasteiger partial charge in [-0.25, -0.2) is 0 Å². The summed E-state index contributed by atoms with van der Waals surface area (Å²) in [6.45, 7) is 0. The molecule has 0 aliphatic heterocycles. The molecular weight excluding hydrogens is 218 g/mol. The molecule has 0 aromatic carbocycles. The number of fused-ring (bicyclic) bond motifs is 1. The van der Waals surface area contributed by atoms with Crippen molar-refractivity contribution in [1.82, 2.24) is 20.2 Å². The summed E-state index contributed by atoms with van der Waals surface area (Å²) in [4.78, 5) is 6.06. The number of nitrogens with one attached hydrogen (secondary N) is 1. The van der Waals surface area contributed by atoms with Crippen molar-refractivity contribution in [2.24, 2.45) is 0 Å². The van der Waals surface area contributed by atoms with Crippen LogP contribution in [0.4, 0.5) is 23.4 Å². The van der Waals surface area contributed by atoms with Crippen LogP contribution in [0.3, 0.4) is 0 Å². The van der Waals surface area contributed by atoms with Gasteiger partial charge < -0.3 is 5.73 Å². The van der Waals surface area contributed by atoms with Gasteiger partial charge in [0.15, 0.2) is 11.3 Å². The van der Waals surface area contributed by atoms with Crippen molar-refractivity contribution in [2.45, 2.75) is 6.18 Å². The molecule has 0 spiro atoms. The molecule has 2 aromatic rings. The van der Waals surface area contributed by atoms with Crippen LogP contribution in [0, 0.1) is 6.08 Å². The molecule has 0 aliphatic carbocycles. The Hall–Kier alpha value is -1.93. The molecule has 0 amide bonds. The maximum Gasteiger partial charge on any atom is 0.433 e. The largest absolute Gasteiger partial charge is 0.433 e. The highest BCUT2D eigenvalue weighted by molar-refractivity contribution is 5.87. The number of nitrogens with zero attached hydrogens (tertiary/aromatic N) is 3. The first-order chi connectivity index (χ1) is 6.89. The number of anilines is 1. The van der Waals surface area contributed by atoms with Gasteiger partial charge in [-0.1, -0.05) is 0 Å². The number of alkyl halides is 3. The van der Waals surface area contributed by atoms with E-state index in [0.717, 1.165) is 0 Å². The van der Waals surface area contributed by atoms with E-state index in [0.29, 0.717) is 0 Å². The Labute approximate surface area is 79.3 Å². The lowest BCUT2D eigenvalue weighted by Crippen LogP contribution is -2.08. The summed E-state index contributed by atoms with van der Waals surface area (Å²) in [5, 5.41) is 4.36. The van der Waals surface area contributed by atoms with E-state index >= 15 is 0 Å². The summed E-state index contributed by atoms with van der Waals surface area (Å²) >= 11 is 0. The lowest BCUT2D eigenvalue weighted by molar-refractivity contribution is -0.139. The van der Waals surface area contributed by atoms with E-state index in [4.69, 9.17) is 5.73 Å². The zero-order chi connectivity index (χ0) is 11.2. The van der Waals surface area contributed by atoms with Crippen LogP contribution in [0.1, 0.15) is 5.69 Å². The van der Waals surface area contributed by atoms with Gasteiger partial charge in [0.2, 0.25) is 0 Å². The Balaban J connectivity index is 2.81. The Morgan fingerprint density at radius 3 is 2.47 bits per heavy atom. The second-order valence-electron chi connectivity index (χ2n) is 2.67. The topological polar surface area (TPSA) is 80.5 Å². The summed E-state index contributed by atoms with van der Waals surface area (Å²) < 4.78 is 49.6. The first kappa shape index (κ1) is 9.62. The van der Waals surface area contributed by atoms with Crippen LogP contribution < -0.4 is 5.73 Å². The minimum absolute atomic E-state index is 0.452. The van der Waals surface area contributed by atoms with Gasteiger partial charge in [0.1, 0.15) is 5.82 Å². The van der Waals surface area contributed by atoms with E-state index in [1.54, 1.807) is 5.10 Å². The smallest absolute Gasteiger partial charge is 0.383 e. The number of halogens is 4. The summed E-state index contributed by atoms with van der Waals surface area (Å²) in [6.07, 6.45) is -5.88. The normalized spacial score (nSPS) is 12.3. The number of aromatic nitrogens is 4. The van der Waals surface area contributed by atoms with Gasteiger partial charge >= 0.3 is 12.3 Å². The highest BCUT2D eigenvalue weighted by atomic mass is 19.4. The minimum Gasteiger partial charge on any atom is -0.383 e. The summed E-state index contributed by atoms with van der Waals surface area (Å²) in [7, 11) is 0. The molecule has 2 aromatic heterocycles. The standard InChI is InChI=1S/C6H3F4N5/c7-5-12-3(11)1-2(6(8,9)10)14-15-4(1)13-5/h(H3,11,12,13,14,15). The van der Waals surface area contributed by atoms with Crippen molar-refractivity contribution in [3.05, 3.63) is 11.8 Å². The Kier molecular flexibility index (Phi) is 1.78. The van der Waals surface area contributed by atoms with E-state index in [-0.39, 0.29) is 0 Å². The molecule has 5 nitrogen and oxygen atoms in total. The number of hydrogen-bond acceptors (Lipinski definition) is 4. The van der Waals surface area contributed by atoms with Crippen LogP contribution in [0.2, 0.25) is 0 Å². The Bertz CT molecular complexity index is 516. The fourth-order valence-corrected chi connectivity index (χ4v) is 1.13. The number of nitrogens with two attached hydrogens (primary N) is 1. The fourth-order valence-electron chi connectivity index (χ4n) is 1.13. The Morgan fingerprint density at radius 2 is 1.87 bits per heavy atom. The predicted molar refractivity (Wildman–Crippen MR) is 41.1 cm³/mol. The van der Waals surface area contributed by atoms with Gasteiger partial charge in [-0.2, -0.15) is 32.6 Å². The molecule has 2 rings (SSSR count). The first-order valence-corrected chi connectivity index (χ1v) is 3.64. The highest BCUT2D eigenvalue weighted by Gasteiger charge is 2.36. The van der Waals surface area contributed by atoms with Crippen LogP contribution in [-0.4, -0.2) is 20.2 Å². The molecule has 3 N–H and O–H groups in total. The summed E-state index contributed by atoms with van der Waals surface area (Å²) in [5.74, 6) is -0.599. The molecule has 0 atom stereocenters. The molecule has 0 aliphatic rings. The maximum absolute atomic E-state index is 12.6. The summed E-state index contributed by atoms with van der Waals surface area (Å²) in [5.41, 5.74) is 3.51. The number of hydrogen-bond donors (Lipinski definition) is 2. The van der Waals surface area contributed by atoms with Gasteiger partial charge in [-0.3, -0.25) is 5.10 Å². The average molecular weight is 221 g/mol. The zero-order valence-corrected chi connectivity index (χ0v) is 6.93. The van der Waals surface area contributed by atoms with Crippen LogP contribution >= 0.6 is 0 Å². The van der Waals surface area contributed by atoms with E-state index in [9.17, 15) is 17.6 Å². The second-order valence-corrected chi connectivity index (χ2v) is 2.67. The molecule has 80 valence electrons. The molecule has 0 saturated heterocycles. The molecule has 0 radical (unpaired) electrons. The van der Waals surface area contributed by atoms with E-state index in [1.807, 2.05) is 0 Å². The van der Waals surface area contributed by atoms with Crippen LogP contribution in [-0.2, 0) is 6.18 Å². The third-order valence-electron chi connectivity index (χ3n) is 1.70. The molecule has 0 unspecified atom stereocenters. The van der Waals surface area contributed by atoms with E-state index < -0.39 is 34.8 Å². The molecule has 2 heterocycles. The third kappa shape index (κ3) is 1.45. The molecule has 0 fully saturated rings. The van der Waals surface area contributed by atoms with Gasteiger partial charge in [0, 0.05) is 0 Å². The minimum atomic E-state index is -4.66. The third-order valence-corrected chi connectivity index (χ3v) is 1.70. The van der Waals surface area contributed by atoms with Crippen molar-refractivity contribution < 1.29 is 17.6 Å². The van der Waals surface area contributed by atoms with Crippen LogP contribution in [0.5, 0.6) is 0 Å². The number of rotatable bonds is 0. The van der Waals surface area contributed by atoms with E-state index in [2.05, 4.69) is 15.1 Å². The van der Waals surface area contributed by atoms with Crippen LogP contribution in [0.25, 0.3) is 11.0 Å². The quantitative estimate of drug-likeness (QED) is 0.515. The highest BCUT2D eigenvalue weighted by Crippen LogP contribution is 2.34. The Morgan fingerprint density at radius 1 is 1.20 bits per heavy atom.